The van der Waals surface area contributed by atoms with Crippen LogP contribution in [0, 0.1) is 11.8 Å². The highest BCUT2D eigenvalue weighted by atomic mass is 35.5. The normalized spacial score (nSPS) is 16.7. The summed E-state index contributed by atoms with van der Waals surface area (Å²) in [5.41, 5.74) is 16.4. The van der Waals surface area contributed by atoms with Gasteiger partial charge in [0.05, 0.1) is 18.3 Å². The Bertz CT molecular complexity index is 1560. The summed E-state index contributed by atoms with van der Waals surface area (Å²) in [6.45, 7) is 2.16. The molecule has 2 aromatic heterocycles. The first-order valence-corrected chi connectivity index (χ1v) is 15.8. The highest BCUT2D eigenvalue weighted by Crippen LogP contribution is 2.32. The summed E-state index contributed by atoms with van der Waals surface area (Å²) in [6.07, 6.45) is 6.07. The van der Waals surface area contributed by atoms with Crippen molar-refractivity contribution in [2.24, 2.45) is 23.3 Å². The number of anilines is 1. The molecule has 1 saturated carbocycles. The predicted octanol–water partition coefficient (Wildman–Crippen LogP) is 3.88. The Morgan fingerprint density at radius 3 is 2.38 bits per heavy atom. The molecule has 12 nitrogen and oxygen atoms in total. The van der Waals surface area contributed by atoms with Gasteiger partial charge in [-0.3, -0.25) is 9.59 Å². The Hall–Kier alpha value is -4.23. The quantitative estimate of drug-likeness (QED) is 0.179. The number of carbonyl (C=O) groups is 2. The van der Waals surface area contributed by atoms with Crippen LogP contribution in [-0.2, 0) is 16.0 Å². The van der Waals surface area contributed by atoms with Crippen molar-refractivity contribution in [1.29, 1.82) is 0 Å². The molecule has 47 heavy (non-hydrogen) atoms. The van der Waals surface area contributed by atoms with E-state index < -0.39 is 11.9 Å². The minimum Gasteiger partial charge on any atom is -0.478 e. The third kappa shape index (κ3) is 9.41. The molecule has 2 amide bonds. The molecule has 0 aliphatic heterocycles. The third-order valence-corrected chi connectivity index (χ3v) is 8.47. The number of H-pyrrole nitrogens is 1. The smallest absolute Gasteiger partial charge is 0.251 e. The van der Waals surface area contributed by atoms with Gasteiger partial charge in [0.2, 0.25) is 17.6 Å². The molecule has 1 fully saturated rings. The number of aromatic nitrogens is 5. The van der Waals surface area contributed by atoms with Gasteiger partial charge >= 0.3 is 0 Å². The zero-order chi connectivity index (χ0) is 32.5. The van der Waals surface area contributed by atoms with Gasteiger partial charge in [-0.05, 0) is 112 Å². The minimum atomic E-state index is -0.937. The largest absolute Gasteiger partial charge is 0.478 e. The lowest BCUT2D eigenvalue weighted by atomic mass is 9.81. The van der Waals surface area contributed by atoms with Crippen molar-refractivity contribution in [3.8, 4) is 28.4 Å². The number of ether oxygens (including phenoxy) is 1. The molecule has 0 unspecified atom stereocenters. The van der Waals surface area contributed by atoms with E-state index in [1.165, 1.54) is 4.90 Å². The lowest BCUT2D eigenvalue weighted by Crippen LogP contribution is -2.50. The Balaban J connectivity index is 0.00000500. The molecule has 1 aliphatic rings. The van der Waals surface area contributed by atoms with Gasteiger partial charge in [-0.15, -0.1) is 22.6 Å². The van der Waals surface area contributed by atoms with Gasteiger partial charge in [-0.2, -0.15) is 5.21 Å². The van der Waals surface area contributed by atoms with Crippen LogP contribution in [0.3, 0.4) is 0 Å². The minimum absolute atomic E-state index is 0. The van der Waals surface area contributed by atoms with Gasteiger partial charge in [0, 0.05) is 35.9 Å². The summed E-state index contributed by atoms with van der Waals surface area (Å²) in [4.78, 5) is 35.8. The van der Waals surface area contributed by atoms with Crippen molar-refractivity contribution in [2.75, 3.05) is 38.7 Å². The fourth-order valence-corrected chi connectivity index (χ4v) is 5.81. The first-order chi connectivity index (χ1) is 22.3. The number of nitrogens with zero attached hydrogens (tertiary/aromatic N) is 6. The topological polar surface area (TPSA) is 169 Å². The van der Waals surface area contributed by atoms with Crippen LogP contribution in [0.1, 0.15) is 37.7 Å². The van der Waals surface area contributed by atoms with E-state index in [-0.39, 0.29) is 30.7 Å². The average Bonchev–Trinajstić information content (AvgIpc) is 3.63. The van der Waals surface area contributed by atoms with Gasteiger partial charge in [-0.1, -0.05) is 24.3 Å². The van der Waals surface area contributed by atoms with Crippen LogP contribution in [0.2, 0.25) is 0 Å². The maximum atomic E-state index is 14.0. The predicted molar refractivity (Wildman–Crippen MR) is 184 cm³/mol. The molecule has 1 atom stereocenters. The van der Waals surface area contributed by atoms with E-state index in [9.17, 15) is 9.59 Å². The maximum absolute atomic E-state index is 14.0. The van der Waals surface area contributed by atoms with Crippen molar-refractivity contribution in [3.05, 3.63) is 72.4 Å². The summed E-state index contributed by atoms with van der Waals surface area (Å²) < 4.78 is 5.77. The van der Waals surface area contributed by atoms with E-state index in [4.69, 9.17) is 16.2 Å². The van der Waals surface area contributed by atoms with Crippen LogP contribution < -0.4 is 21.1 Å². The number of imide groups is 1. The van der Waals surface area contributed by atoms with Crippen LogP contribution in [0.4, 0.5) is 5.69 Å². The first-order valence-electron chi connectivity index (χ1n) is 15.8. The standard InChI is InChI=1S/C34H43N9O3.ClH/c1-42(2)17-4-18-46-31-16-13-28(22-37-31)27-6-3-5-24(19-27)20-30(36)34(45)43(33(44)26-9-7-23(21-35)8-10-26)29-14-11-25(12-15-29)32-38-40-41-39-32;/h3,5-6,11-16,19,22-23,26,30H,4,7-10,17-18,20-21,35-36H2,1-2H3,(H,38,39,40,41);1H/t23?,26?,30-;/m0./s1. The van der Waals surface area contributed by atoms with Gasteiger partial charge in [0.1, 0.15) is 0 Å². The number of pyridine rings is 1. The number of benzene rings is 2. The lowest BCUT2D eigenvalue weighted by Gasteiger charge is -2.32. The molecule has 0 spiro atoms. The van der Waals surface area contributed by atoms with Crippen LogP contribution in [0.15, 0.2) is 66.9 Å². The summed E-state index contributed by atoms with van der Waals surface area (Å²) in [5.74, 6) is 0.464. The molecule has 0 radical (unpaired) electrons. The van der Waals surface area contributed by atoms with Gasteiger partial charge in [0.15, 0.2) is 0 Å². The second kappa shape index (κ2) is 17.1. The summed E-state index contributed by atoms with van der Waals surface area (Å²) >= 11 is 0. The van der Waals surface area contributed by atoms with Crippen LogP contribution in [-0.4, -0.2) is 82.2 Å². The second-order valence-electron chi connectivity index (χ2n) is 12.1. The molecular formula is C34H44ClN9O3. The van der Waals surface area contributed by atoms with Crippen LogP contribution in [0.25, 0.3) is 22.5 Å². The molecular weight excluding hydrogens is 618 g/mol. The SMILES string of the molecule is CN(C)CCCOc1ccc(-c2cccc(C[C@H](N)C(=O)N(C(=O)C3CCC(CN)CC3)c3ccc(-c4nn[nH]n4)cc3)c2)cn1.Cl. The number of rotatable bonds is 13. The molecule has 5 N–H and O–H groups in total. The Labute approximate surface area is 281 Å². The number of nitrogens with one attached hydrogen (secondary N) is 1. The Morgan fingerprint density at radius 2 is 1.74 bits per heavy atom. The number of amides is 2. The average molecular weight is 662 g/mol. The van der Waals surface area contributed by atoms with Crippen molar-refractivity contribution in [1.82, 2.24) is 30.5 Å². The van der Waals surface area contributed by atoms with Crippen molar-refractivity contribution >= 4 is 29.9 Å². The summed E-state index contributed by atoms with van der Waals surface area (Å²) in [5, 5.41) is 14.1. The van der Waals surface area contributed by atoms with E-state index >= 15 is 0 Å². The van der Waals surface area contributed by atoms with E-state index in [1.807, 2.05) is 50.5 Å². The second-order valence-corrected chi connectivity index (χ2v) is 12.1. The summed E-state index contributed by atoms with van der Waals surface area (Å²) in [7, 11) is 4.07. The maximum Gasteiger partial charge on any atom is 0.251 e. The van der Waals surface area contributed by atoms with Crippen LogP contribution >= 0.6 is 12.4 Å². The molecule has 2 aromatic carbocycles. The van der Waals surface area contributed by atoms with Crippen molar-refractivity contribution < 1.29 is 14.3 Å². The number of aromatic amines is 1. The zero-order valence-corrected chi connectivity index (χ0v) is 27.7. The molecule has 250 valence electrons. The van der Waals surface area contributed by atoms with E-state index in [1.54, 1.807) is 30.5 Å². The molecule has 5 rings (SSSR count). The monoisotopic (exact) mass is 661 g/mol. The van der Waals surface area contributed by atoms with E-state index in [2.05, 4.69) is 30.5 Å². The third-order valence-electron chi connectivity index (χ3n) is 8.47. The number of hydrogen-bond acceptors (Lipinski definition) is 10. The van der Waals surface area contributed by atoms with E-state index in [0.717, 1.165) is 42.5 Å². The Morgan fingerprint density at radius 1 is 1.00 bits per heavy atom. The number of carbonyl (C=O) groups excluding carboxylic acids is 2. The zero-order valence-electron chi connectivity index (χ0n) is 26.9. The molecule has 4 aromatic rings. The molecule has 0 bridgehead atoms. The van der Waals surface area contributed by atoms with Crippen molar-refractivity contribution in [2.45, 2.75) is 44.6 Å². The van der Waals surface area contributed by atoms with Crippen molar-refractivity contribution in [3.63, 3.8) is 0 Å². The van der Waals surface area contributed by atoms with Gasteiger partial charge in [0.25, 0.3) is 5.91 Å². The first kappa shape index (κ1) is 35.6. The lowest BCUT2D eigenvalue weighted by molar-refractivity contribution is -0.130. The molecule has 2 heterocycles. The molecule has 13 heteroatoms. The van der Waals surface area contributed by atoms with Gasteiger partial charge < -0.3 is 21.1 Å². The van der Waals surface area contributed by atoms with Crippen LogP contribution in [0.5, 0.6) is 5.88 Å². The van der Waals surface area contributed by atoms with E-state index in [0.29, 0.717) is 54.9 Å². The summed E-state index contributed by atoms with van der Waals surface area (Å²) in [6, 6.07) is 17.7. The van der Waals surface area contributed by atoms with Gasteiger partial charge in [-0.25, -0.2) is 9.88 Å². The number of nitrogens with two attached hydrogens (primary N) is 2. The molecule has 0 saturated heterocycles. The molecule has 1 aliphatic carbocycles. The number of tetrazole rings is 1. The fraction of sp³-hybridized carbons (Fsp3) is 0.412. The number of halogens is 1. The highest BCUT2D eigenvalue weighted by Gasteiger charge is 2.35. The Kier molecular flexibility index (Phi) is 12.9. The highest BCUT2D eigenvalue weighted by molar-refractivity contribution is 6.17. The fourth-order valence-electron chi connectivity index (χ4n) is 5.81. The number of hydrogen-bond donors (Lipinski definition) is 3.